The Balaban J connectivity index is 1.16. The average Bonchev–Trinajstić information content (AvgIpc) is 3.43. The van der Waals surface area contributed by atoms with Crippen molar-refractivity contribution >= 4 is 11.3 Å². The predicted molar refractivity (Wildman–Crippen MR) is 107 cm³/mol. The van der Waals surface area contributed by atoms with Gasteiger partial charge in [-0.05, 0) is 75.9 Å². The molecular weight excluding hydrogens is 356 g/mol. The van der Waals surface area contributed by atoms with Crippen LogP contribution in [0.3, 0.4) is 0 Å². The van der Waals surface area contributed by atoms with E-state index in [1.54, 1.807) is 4.68 Å². The highest BCUT2D eigenvalue weighted by molar-refractivity contribution is 7.11. The smallest absolute Gasteiger partial charge is 0.267 e. The number of nitrogens with zero attached hydrogens (tertiary/aromatic N) is 4. The number of rotatable bonds is 5. The maximum Gasteiger partial charge on any atom is 0.267 e. The highest BCUT2D eigenvalue weighted by Gasteiger charge is 2.27. The molecule has 2 aromatic heterocycles. The van der Waals surface area contributed by atoms with Gasteiger partial charge in [0.05, 0.1) is 10.7 Å². The summed E-state index contributed by atoms with van der Waals surface area (Å²) in [6.07, 6.45) is 11.5. The van der Waals surface area contributed by atoms with Crippen molar-refractivity contribution in [3.8, 4) is 0 Å². The summed E-state index contributed by atoms with van der Waals surface area (Å²) in [5, 5.41) is 6.05. The summed E-state index contributed by atoms with van der Waals surface area (Å²) in [7, 11) is 0. The lowest BCUT2D eigenvalue weighted by molar-refractivity contribution is 0.164. The quantitative estimate of drug-likeness (QED) is 0.793. The molecule has 0 N–H and O–H groups in total. The summed E-state index contributed by atoms with van der Waals surface area (Å²) in [5.41, 5.74) is 2.44. The summed E-state index contributed by atoms with van der Waals surface area (Å²) < 4.78 is 1.75. The minimum atomic E-state index is 0.0929. The molecule has 3 heterocycles. The first-order chi connectivity index (χ1) is 13.2. The van der Waals surface area contributed by atoms with E-state index in [1.807, 2.05) is 17.4 Å². The van der Waals surface area contributed by atoms with Crippen molar-refractivity contribution in [3.05, 3.63) is 43.8 Å². The molecule has 27 heavy (non-hydrogen) atoms. The zero-order valence-electron chi connectivity index (χ0n) is 15.9. The van der Waals surface area contributed by atoms with Gasteiger partial charge in [-0.1, -0.05) is 0 Å². The molecule has 0 aromatic carbocycles. The third-order valence-corrected chi connectivity index (χ3v) is 7.43. The van der Waals surface area contributed by atoms with Crippen LogP contribution >= 0.6 is 11.3 Å². The summed E-state index contributed by atoms with van der Waals surface area (Å²) in [6, 6.07) is 1.85. The molecule has 0 amide bonds. The van der Waals surface area contributed by atoms with Gasteiger partial charge in [0, 0.05) is 36.1 Å². The second-order valence-electron chi connectivity index (χ2n) is 8.50. The molecule has 144 valence electrons. The van der Waals surface area contributed by atoms with Crippen molar-refractivity contribution in [1.82, 2.24) is 19.7 Å². The lowest BCUT2D eigenvalue weighted by Gasteiger charge is -2.31. The van der Waals surface area contributed by atoms with Gasteiger partial charge in [-0.15, -0.1) is 11.3 Å². The summed E-state index contributed by atoms with van der Waals surface area (Å²) in [5.74, 6) is 1.33. The first-order valence-electron chi connectivity index (χ1n) is 10.5. The minimum absolute atomic E-state index is 0.0929. The zero-order valence-corrected chi connectivity index (χ0v) is 16.7. The SMILES string of the molecule is O=c1cc2c(nn1CC1CCN(Cc3cnc(C4CC4)s3)CC1)CCCC2. The number of thiazole rings is 1. The molecule has 0 atom stereocenters. The van der Waals surface area contributed by atoms with Crippen LogP contribution in [0.2, 0.25) is 0 Å². The van der Waals surface area contributed by atoms with E-state index in [-0.39, 0.29) is 5.56 Å². The Morgan fingerprint density at radius 2 is 1.93 bits per heavy atom. The first-order valence-corrected chi connectivity index (χ1v) is 11.3. The number of piperidine rings is 1. The first kappa shape index (κ1) is 17.6. The molecule has 0 spiro atoms. The van der Waals surface area contributed by atoms with Crippen molar-refractivity contribution in [2.75, 3.05) is 13.1 Å². The third kappa shape index (κ3) is 4.02. The van der Waals surface area contributed by atoms with Crippen molar-refractivity contribution in [3.63, 3.8) is 0 Å². The molecule has 1 aliphatic heterocycles. The number of hydrogen-bond acceptors (Lipinski definition) is 5. The molecule has 5 nitrogen and oxygen atoms in total. The fraction of sp³-hybridized carbons (Fsp3) is 0.667. The minimum Gasteiger partial charge on any atom is -0.298 e. The molecule has 0 radical (unpaired) electrons. The Hall–Kier alpha value is -1.53. The second-order valence-corrected chi connectivity index (χ2v) is 9.65. The van der Waals surface area contributed by atoms with E-state index in [2.05, 4.69) is 16.1 Å². The van der Waals surface area contributed by atoms with Gasteiger partial charge >= 0.3 is 0 Å². The van der Waals surface area contributed by atoms with Crippen molar-refractivity contribution in [2.45, 2.75) is 70.4 Å². The van der Waals surface area contributed by atoms with E-state index in [9.17, 15) is 4.79 Å². The van der Waals surface area contributed by atoms with E-state index in [1.165, 1.54) is 41.1 Å². The maximum absolute atomic E-state index is 12.4. The predicted octanol–water partition coefficient (Wildman–Crippen LogP) is 3.37. The fourth-order valence-electron chi connectivity index (χ4n) is 4.44. The Labute approximate surface area is 164 Å². The van der Waals surface area contributed by atoms with Gasteiger partial charge in [0.1, 0.15) is 0 Å². The van der Waals surface area contributed by atoms with Gasteiger partial charge in [-0.3, -0.25) is 9.69 Å². The summed E-state index contributed by atoms with van der Waals surface area (Å²) in [4.78, 5) is 21.0. The van der Waals surface area contributed by atoms with Crippen molar-refractivity contribution in [2.24, 2.45) is 5.92 Å². The van der Waals surface area contributed by atoms with Crippen LogP contribution in [0.25, 0.3) is 0 Å². The van der Waals surface area contributed by atoms with E-state index >= 15 is 0 Å². The normalized spacial score (nSPS) is 21.3. The van der Waals surface area contributed by atoms with Crippen LogP contribution in [0.1, 0.15) is 65.6 Å². The van der Waals surface area contributed by atoms with Crippen LogP contribution < -0.4 is 5.56 Å². The number of likely N-dealkylation sites (tertiary alicyclic amines) is 1. The monoisotopic (exact) mass is 384 g/mol. The van der Waals surface area contributed by atoms with Gasteiger partial charge < -0.3 is 0 Å². The Bertz CT molecular complexity index is 861. The molecule has 1 saturated heterocycles. The van der Waals surface area contributed by atoms with Gasteiger partial charge in [0.25, 0.3) is 5.56 Å². The van der Waals surface area contributed by atoms with Crippen molar-refractivity contribution < 1.29 is 0 Å². The standard InChI is InChI=1S/C21H28N4OS/c26-20-11-17-3-1-2-4-19(17)23-25(20)13-15-7-9-24(10-8-15)14-18-12-22-21(27-18)16-5-6-16/h11-12,15-16H,1-10,13-14H2. The zero-order chi connectivity index (χ0) is 18.2. The van der Waals surface area contributed by atoms with Crippen LogP contribution in [0.5, 0.6) is 0 Å². The molecule has 0 unspecified atom stereocenters. The maximum atomic E-state index is 12.4. The lowest BCUT2D eigenvalue weighted by atomic mass is 9.96. The number of hydrogen-bond donors (Lipinski definition) is 0. The fourth-order valence-corrected chi connectivity index (χ4v) is 5.57. The molecule has 1 saturated carbocycles. The molecule has 2 aliphatic carbocycles. The molecule has 0 bridgehead atoms. The Kier molecular flexibility index (Phi) is 4.86. The van der Waals surface area contributed by atoms with Crippen LogP contribution in [-0.4, -0.2) is 32.8 Å². The Morgan fingerprint density at radius 3 is 2.74 bits per heavy atom. The molecular formula is C21H28N4OS. The highest BCUT2D eigenvalue weighted by Crippen LogP contribution is 2.42. The van der Waals surface area contributed by atoms with Crippen LogP contribution in [-0.2, 0) is 25.9 Å². The largest absolute Gasteiger partial charge is 0.298 e. The molecule has 3 aliphatic rings. The van der Waals surface area contributed by atoms with Gasteiger partial charge in [0.2, 0.25) is 0 Å². The van der Waals surface area contributed by atoms with E-state index in [0.717, 1.165) is 63.5 Å². The second kappa shape index (κ2) is 7.47. The number of aromatic nitrogens is 3. The Morgan fingerprint density at radius 1 is 1.11 bits per heavy atom. The highest BCUT2D eigenvalue weighted by atomic mass is 32.1. The van der Waals surface area contributed by atoms with E-state index in [4.69, 9.17) is 5.10 Å². The van der Waals surface area contributed by atoms with E-state index in [0.29, 0.717) is 5.92 Å². The number of fused-ring (bicyclic) bond motifs is 1. The van der Waals surface area contributed by atoms with E-state index < -0.39 is 0 Å². The van der Waals surface area contributed by atoms with Gasteiger partial charge in [-0.2, -0.15) is 5.10 Å². The van der Waals surface area contributed by atoms with Gasteiger partial charge in [0.15, 0.2) is 0 Å². The lowest BCUT2D eigenvalue weighted by Crippen LogP contribution is -2.36. The third-order valence-electron chi connectivity index (χ3n) is 6.29. The van der Waals surface area contributed by atoms with Crippen molar-refractivity contribution in [1.29, 1.82) is 0 Å². The average molecular weight is 385 g/mol. The van der Waals surface area contributed by atoms with Crippen LogP contribution in [0.15, 0.2) is 17.1 Å². The molecule has 6 heteroatoms. The molecule has 2 fully saturated rings. The molecule has 5 rings (SSSR count). The van der Waals surface area contributed by atoms with Crippen LogP contribution in [0.4, 0.5) is 0 Å². The van der Waals surface area contributed by atoms with Crippen LogP contribution in [0, 0.1) is 5.92 Å². The molecule has 2 aromatic rings. The number of aryl methyl sites for hydroxylation is 2. The summed E-state index contributed by atoms with van der Waals surface area (Å²) >= 11 is 1.91. The topological polar surface area (TPSA) is 51.0 Å². The summed E-state index contributed by atoms with van der Waals surface area (Å²) in [6.45, 7) is 4.04. The van der Waals surface area contributed by atoms with Gasteiger partial charge in [-0.25, -0.2) is 9.67 Å².